The quantitative estimate of drug-likeness (QED) is 0.541. The molecule has 29 heavy (non-hydrogen) atoms. The number of nitrogens with zero attached hydrogens (tertiary/aromatic N) is 5. The molecule has 3 heterocycles. The van der Waals surface area contributed by atoms with Gasteiger partial charge in [-0.3, -0.25) is 9.38 Å². The molecule has 1 atom stereocenters. The molecule has 0 aliphatic rings. The van der Waals surface area contributed by atoms with Gasteiger partial charge in [0.05, 0.1) is 11.9 Å². The van der Waals surface area contributed by atoms with Gasteiger partial charge in [0.25, 0.3) is 0 Å². The summed E-state index contributed by atoms with van der Waals surface area (Å²) in [6, 6.07) is 2.68. The summed E-state index contributed by atoms with van der Waals surface area (Å²) in [6.45, 7) is 1.62. The molecule has 0 N–H and O–H groups in total. The van der Waals surface area contributed by atoms with Crippen LogP contribution in [0.4, 0.5) is 22.0 Å². The van der Waals surface area contributed by atoms with E-state index in [1.165, 1.54) is 30.7 Å². The Morgan fingerprint density at radius 3 is 2.41 bits per heavy atom. The van der Waals surface area contributed by atoms with E-state index in [-0.39, 0.29) is 23.6 Å². The molecule has 0 unspecified atom stereocenters. The van der Waals surface area contributed by atoms with E-state index in [0.29, 0.717) is 12.0 Å². The number of rotatable bonds is 7. The predicted molar refractivity (Wildman–Crippen MR) is 90.3 cm³/mol. The van der Waals surface area contributed by atoms with Gasteiger partial charge in [-0.25, -0.2) is 4.98 Å². The van der Waals surface area contributed by atoms with Crippen LogP contribution in [0.3, 0.4) is 0 Å². The smallest absolute Gasteiger partial charge is 0.425 e. The number of ether oxygens (including phenoxy) is 2. The molecule has 3 aromatic heterocycles. The maximum Gasteiger partial charge on any atom is 0.425 e. The van der Waals surface area contributed by atoms with Crippen molar-refractivity contribution in [2.24, 2.45) is 0 Å². The number of halogens is 5. The van der Waals surface area contributed by atoms with E-state index >= 15 is 0 Å². The van der Waals surface area contributed by atoms with Crippen LogP contribution in [0.1, 0.15) is 25.6 Å². The molecule has 3 rings (SSSR count). The lowest BCUT2D eigenvalue weighted by atomic mass is 10.2. The summed E-state index contributed by atoms with van der Waals surface area (Å²) in [5.41, 5.74) is 0.671. The Kier molecular flexibility index (Phi) is 5.64. The van der Waals surface area contributed by atoms with E-state index in [2.05, 4.69) is 24.9 Å². The highest BCUT2D eigenvalue weighted by Crippen LogP contribution is 2.30. The summed E-state index contributed by atoms with van der Waals surface area (Å²) in [4.78, 5) is 7.96. The van der Waals surface area contributed by atoms with Crippen molar-refractivity contribution >= 4 is 5.65 Å². The van der Waals surface area contributed by atoms with E-state index in [1.54, 1.807) is 6.92 Å². The minimum Gasteiger partial charge on any atom is -0.465 e. The van der Waals surface area contributed by atoms with Crippen molar-refractivity contribution in [2.75, 3.05) is 7.11 Å². The average molecular weight is 417 g/mol. The van der Waals surface area contributed by atoms with Crippen LogP contribution in [0.5, 0.6) is 5.88 Å². The first-order valence-corrected chi connectivity index (χ1v) is 8.49. The van der Waals surface area contributed by atoms with Gasteiger partial charge in [-0.2, -0.15) is 22.0 Å². The summed E-state index contributed by atoms with van der Waals surface area (Å²) in [5, 5.41) is 7.02. The molecule has 0 aliphatic heterocycles. The fourth-order valence-corrected chi connectivity index (χ4v) is 2.54. The van der Waals surface area contributed by atoms with Crippen molar-refractivity contribution in [1.29, 1.82) is 0 Å². The number of aromatic nitrogens is 5. The molecule has 0 bridgehead atoms. The summed E-state index contributed by atoms with van der Waals surface area (Å²) in [7, 11) is 0.832. The molecule has 0 saturated heterocycles. The van der Waals surface area contributed by atoms with Gasteiger partial charge in [0.1, 0.15) is 0 Å². The Labute approximate surface area is 161 Å². The molecule has 12 heteroatoms. The van der Waals surface area contributed by atoms with Crippen molar-refractivity contribution in [3.8, 4) is 17.1 Å². The molecule has 3 aromatic rings. The molecule has 0 amide bonds. The highest BCUT2D eigenvalue weighted by atomic mass is 19.4. The second-order valence-corrected chi connectivity index (χ2v) is 6.07. The van der Waals surface area contributed by atoms with Crippen LogP contribution in [0.15, 0.2) is 30.7 Å². The molecule has 7 nitrogen and oxygen atoms in total. The first-order chi connectivity index (χ1) is 13.7. The molecule has 0 radical (unpaired) electrons. The summed E-state index contributed by atoms with van der Waals surface area (Å²) < 4.78 is 76.7. The highest BCUT2D eigenvalue weighted by Gasteiger charge is 2.41. The van der Waals surface area contributed by atoms with Crippen molar-refractivity contribution in [3.05, 3.63) is 36.5 Å². The summed E-state index contributed by atoms with van der Waals surface area (Å²) >= 11 is 0. The lowest BCUT2D eigenvalue weighted by Crippen LogP contribution is -2.34. The first-order valence-electron chi connectivity index (χ1n) is 8.49. The maximum atomic E-state index is 13.8. The molecule has 0 spiro atoms. The number of methoxy groups -OCH3 is 1. The zero-order chi connectivity index (χ0) is 21.2. The Balaban J connectivity index is 1.88. The van der Waals surface area contributed by atoms with E-state index in [4.69, 9.17) is 4.74 Å². The maximum absolute atomic E-state index is 13.8. The largest absolute Gasteiger partial charge is 0.465 e. The Hall–Kier alpha value is -2.89. The van der Waals surface area contributed by atoms with Crippen LogP contribution < -0.4 is 4.74 Å². The molecule has 0 aromatic carbocycles. The van der Waals surface area contributed by atoms with Crippen LogP contribution in [0, 0.1) is 0 Å². The third-order valence-corrected chi connectivity index (χ3v) is 4.02. The molecule has 0 fully saturated rings. The topological polar surface area (TPSA) is 74.4 Å². The van der Waals surface area contributed by atoms with Crippen molar-refractivity contribution in [1.82, 2.24) is 24.6 Å². The fourth-order valence-electron chi connectivity index (χ4n) is 2.54. The van der Waals surface area contributed by atoms with Gasteiger partial charge >= 0.3 is 12.3 Å². The standard InChI is InChI=1S/C17H16F5N5O2/c1-3-4-12(16(18,19)20)29-14-6-5-10(7-24-14)11-9-27-13(8-23-11)25-26-15(27)17(21,22)28-2/h5-9,12H,3-4H2,1-2H3/t12-/m0/s1. The second-order valence-electron chi connectivity index (χ2n) is 6.07. The van der Waals surface area contributed by atoms with Gasteiger partial charge in [-0.15, -0.1) is 10.2 Å². The van der Waals surface area contributed by atoms with E-state index in [9.17, 15) is 22.0 Å². The number of pyridine rings is 1. The molecular weight excluding hydrogens is 401 g/mol. The number of fused-ring (bicyclic) bond motifs is 1. The Morgan fingerprint density at radius 2 is 1.83 bits per heavy atom. The van der Waals surface area contributed by atoms with Gasteiger partial charge in [0.15, 0.2) is 11.8 Å². The van der Waals surface area contributed by atoms with Gasteiger partial charge < -0.3 is 9.47 Å². The van der Waals surface area contributed by atoms with Crippen LogP contribution in [-0.4, -0.2) is 44.0 Å². The lowest BCUT2D eigenvalue weighted by Gasteiger charge is -2.20. The SMILES string of the molecule is CCC[C@H](Oc1ccc(-c2cn3c(C(F)(F)OC)nnc3cn2)cn1)C(F)(F)F. The lowest BCUT2D eigenvalue weighted by molar-refractivity contribution is -0.237. The van der Waals surface area contributed by atoms with Gasteiger partial charge in [0, 0.05) is 31.1 Å². The van der Waals surface area contributed by atoms with Crippen LogP contribution in [0.2, 0.25) is 0 Å². The number of hydrogen-bond acceptors (Lipinski definition) is 6. The highest BCUT2D eigenvalue weighted by molar-refractivity contribution is 5.59. The van der Waals surface area contributed by atoms with Gasteiger partial charge in [-0.05, 0) is 12.5 Å². The third kappa shape index (κ3) is 4.42. The molecule has 0 saturated carbocycles. The minimum atomic E-state index is -4.51. The van der Waals surface area contributed by atoms with Crippen LogP contribution >= 0.6 is 0 Å². The number of alkyl halides is 5. The van der Waals surface area contributed by atoms with Crippen molar-refractivity contribution < 1.29 is 31.4 Å². The summed E-state index contributed by atoms with van der Waals surface area (Å²) in [6.07, 6.45) is -6.33. The van der Waals surface area contributed by atoms with Gasteiger partial charge in [-0.1, -0.05) is 13.3 Å². The zero-order valence-electron chi connectivity index (χ0n) is 15.3. The van der Waals surface area contributed by atoms with Crippen molar-refractivity contribution in [3.63, 3.8) is 0 Å². The van der Waals surface area contributed by atoms with E-state index < -0.39 is 24.2 Å². The first kappa shape index (κ1) is 20.8. The predicted octanol–water partition coefficient (Wildman–Crippen LogP) is 3.99. The second kappa shape index (κ2) is 7.85. The Bertz CT molecular complexity index is 974. The van der Waals surface area contributed by atoms with Gasteiger partial charge in [0.2, 0.25) is 11.7 Å². The average Bonchev–Trinajstić information content (AvgIpc) is 3.11. The molecule has 0 aliphatic carbocycles. The normalized spacial score (nSPS) is 13.6. The fraction of sp³-hybridized carbons (Fsp3) is 0.412. The Morgan fingerprint density at radius 1 is 1.07 bits per heavy atom. The van der Waals surface area contributed by atoms with E-state index in [1.807, 2.05) is 0 Å². The number of hydrogen-bond donors (Lipinski definition) is 0. The molecular formula is C17H16F5N5O2. The minimum absolute atomic E-state index is 0.0703. The van der Waals surface area contributed by atoms with E-state index in [0.717, 1.165) is 11.5 Å². The summed E-state index contributed by atoms with van der Waals surface area (Å²) in [5.74, 6) is -0.944. The monoisotopic (exact) mass is 417 g/mol. The third-order valence-electron chi connectivity index (χ3n) is 4.02. The zero-order valence-corrected chi connectivity index (χ0v) is 15.3. The van der Waals surface area contributed by atoms with Crippen molar-refractivity contribution in [2.45, 2.75) is 38.2 Å². The van der Waals surface area contributed by atoms with Crippen LogP contribution in [0.25, 0.3) is 16.9 Å². The van der Waals surface area contributed by atoms with Crippen LogP contribution in [-0.2, 0) is 10.8 Å². The molecule has 156 valence electrons.